The number of aliphatic hydroxyl groups excluding tert-OH is 1. The van der Waals surface area contributed by atoms with Crippen LogP contribution in [0.25, 0.3) is 5.65 Å². The average Bonchev–Trinajstić information content (AvgIpc) is 3.03. The van der Waals surface area contributed by atoms with E-state index < -0.39 is 0 Å². The molecule has 1 fully saturated rings. The molecule has 1 aliphatic rings. The molecular weight excluding hydrogens is 318 g/mol. The van der Waals surface area contributed by atoms with Crippen LogP contribution in [0, 0.1) is 5.92 Å². The van der Waals surface area contributed by atoms with Gasteiger partial charge in [0.15, 0.2) is 5.65 Å². The molecule has 0 radical (unpaired) electrons. The maximum atomic E-state index is 12.8. The maximum Gasteiger partial charge on any atom is 0.271 e. The molecule has 1 atom stereocenters. The molecule has 7 nitrogen and oxygen atoms in total. The maximum absolute atomic E-state index is 12.8. The zero-order valence-corrected chi connectivity index (χ0v) is 13.6. The molecule has 4 rings (SSSR count). The minimum atomic E-state index is -0.273. The summed E-state index contributed by atoms with van der Waals surface area (Å²) in [5.41, 5.74) is 1.96. The van der Waals surface area contributed by atoms with Gasteiger partial charge in [0.2, 0.25) is 0 Å². The van der Waals surface area contributed by atoms with E-state index in [4.69, 9.17) is 0 Å². The molecule has 2 N–H and O–H groups in total. The Balaban J connectivity index is 1.54. The summed E-state index contributed by atoms with van der Waals surface area (Å²) < 4.78 is 1.53. The van der Waals surface area contributed by atoms with Gasteiger partial charge in [-0.05, 0) is 43.0 Å². The molecule has 0 spiro atoms. The van der Waals surface area contributed by atoms with E-state index in [1.54, 1.807) is 24.5 Å². The lowest BCUT2D eigenvalue weighted by molar-refractivity contribution is 0.0237. The molecule has 0 saturated heterocycles. The fraction of sp³-hybridized carbons (Fsp3) is 0.333. The summed E-state index contributed by atoms with van der Waals surface area (Å²) in [5.74, 6) is 0.0293. The highest BCUT2D eigenvalue weighted by Gasteiger charge is 2.35. The van der Waals surface area contributed by atoms with Gasteiger partial charge in [0.25, 0.3) is 5.91 Å². The van der Waals surface area contributed by atoms with Gasteiger partial charge in [0.1, 0.15) is 5.69 Å². The first-order chi connectivity index (χ1) is 12.2. The third-order valence-electron chi connectivity index (χ3n) is 4.70. The number of hydrogen-bond acceptors (Lipinski definition) is 5. The number of aliphatic hydroxyl groups is 1. The predicted molar refractivity (Wildman–Crippen MR) is 90.9 cm³/mol. The largest absolute Gasteiger partial charge is 0.393 e. The summed E-state index contributed by atoms with van der Waals surface area (Å²) in [7, 11) is 0. The molecule has 0 bridgehead atoms. The highest BCUT2D eigenvalue weighted by Crippen LogP contribution is 2.31. The predicted octanol–water partition coefficient (Wildman–Crippen LogP) is 1.24. The van der Waals surface area contributed by atoms with Crippen LogP contribution < -0.4 is 5.32 Å². The number of pyridine rings is 1. The van der Waals surface area contributed by atoms with E-state index in [1.165, 1.54) is 10.7 Å². The molecule has 0 aliphatic heterocycles. The Labute approximate surface area is 144 Å². The third-order valence-corrected chi connectivity index (χ3v) is 4.70. The van der Waals surface area contributed by atoms with Crippen molar-refractivity contribution in [2.45, 2.75) is 31.4 Å². The second kappa shape index (κ2) is 6.60. The Morgan fingerprint density at radius 3 is 2.88 bits per heavy atom. The van der Waals surface area contributed by atoms with Crippen LogP contribution in [0.1, 0.15) is 29.0 Å². The molecule has 1 saturated carbocycles. The van der Waals surface area contributed by atoms with E-state index >= 15 is 0 Å². The minimum Gasteiger partial charge on any atom is -0.393 e. The smallest absolute Gasteiger partial charge is 0.271 e. The van der Waals surface area contributed by atoms with Gasteiger partial charge in [-0.3, -0.25) is 9.78 Å². The van der Waals surface area contributed by atoms with Crippen molar-refractivity contribution in [1.82, 2.24) is 24.9 Å². The topological polar surface area (TPSA) is 92.4 Å². The van der Waals surface area contributed by atoms with Crippen molar-refractivity contribution in [2.24, 2.45) is 5.92 Å². The lowest BCUT2D eigenvalue weighted by atomic mass is 9.76. The van der Waals surface area contributed by atoms with E-state index in [9.17, 15) is 9.90 Å². The van der Waals surface area contributed by atoms with Crippen molar-refractivity contribution in [3.05, 3.63) is 60.3 Å². The normalized spacial score (nSPS) is 20.8. The number of imidazole rings is 1. The Bertz CT molecular complexity index is 873. The number of carbonyl (C=O) groups is 1. The lowest BCUT2D eigenvalue weighted by Gasteiger charge is -2.38. The van der Waals surface area contributed by atoms with Crippen molar-refractivity contribution in [1.29, 1.82) is 0 Å². The molecule has 25 heavy (non-hydrogen) atoms. The fourth-order valence-electron chi connectivity index (χ4n) is 3.26. The number of carbonyl (C=O) groups excluding carboxylic acids is 1. The van der Waals surface area contributed by atoms with Crippen LogP contribution >= 0.6 is 0 Å². The molecule has 3 heterocycles. The van der Waals surface area contributed by atoms with E-state index in [0.717, 1.165) is 5.69 Å². The molecule has 0 unspecified atom stereocenters. The number of hydrogen-bond donors (Lipinski definition) is 2. The van der Waals surface area contributed by atoms with Gasteiger partial charge < -0.3 is 10.4 Å². The summed E-state index contributed by atoms with van der Waals surface area (Å²) in [5, 5.41) is 16.9. The van der Waals surface area contributed by atoms with Gasteiger partial charge in [-0.15, -0.1) is 0 Å². The van der Waals surface area contributed by atoms with Crippen LogP contribution in [-0.2, 0) is 6.42 Å². The zero-order valence-electron chi connectivity index (χ0n) is 13.6. The van der Waals surface area contributed by atoms with Crippen molar-refractivity contribution in [3.63, 3.8) is 0 Å². The van der Waals surface area contributed by atoms with Crippen LogP contribution in [0.3, 0.4) is 0 Å². The van der Waals surface area contributed by atoms with Crippen LogP contribution in [0.15, 0.2) is 48.9 Å². The fourth-order valence-corrected chi connectivity index (χ4v) is 3.26. The summed E-state index contributed by atoms with van der Waals surface area (Å²) in [6.07, 6.45) is 6.66. The van der Waals surface area contributed by atoms with Gasteiger partial charge in [-0.25, -0.2) is 9.50 Å². The van der Waals surface area contributed by atoms with Crippen LogP contribution in [0.2, 0.25) is 0 Å². The van der Waals surface area contributed by atoms with Crippen molar-refractivity contribution in [3.8, 4) is 0 Å². The standard InChI is InChI=1S/C18H19N5O2/c24-14-8-12(9-14)15(10-13-4-1-2-6-19-13)22-18(25)16-11-20-17-5-3-7-21-23(16)17/h1-7,11-12,14-15,24H,8-10H2,(H,22,25)/t12?,14?,15-/m0/s1. The molecule has 3 aromatic heterocycles. The minimum absolute atomic E-state index is 0.0833. The summed E-state index contributed by atoms with van der Waals surface area (Å²) in [6, 6.07) is 9.25. The number of amides is 1. The van der Waals surface area contributed by atoms with E-state index in [0.29, 0.717) is 30.6 Å². The Hall–Kier alpha value is -2.80. The van der Waals surface area contributed by atoms with E-state index in [2.05, 4.69) is 20.4 Å². The molecule has 1 amide bonds. The number of aromatic nitrogens is 4. The summed E-state index contributed by atoms with van der Waals surface area (Å²) >= 11 is 0. The van der Waals surface area contributed by atoms with Gasteiger partial charge in [0, 0.05) is 30.6 Å². The van der Waals surface area contributed by atoms with Crippen LogP contribution in [0.4, 0.5) is 0 Å². The highest BCUT2D eigenvalue weighted by atomic mass is 16.3. The molecule has 0 aromatic carbocycles. The van der Waals surface area contributed by atoms with Crippen molar-refractivity contribution in [2.75, 3.05) is 0 Å². The summed E-state index contributed by atoms with van der Waals surface area (Å²) in [4.78, 5) is 21.3. The number of nitrogens with zero attached hydrogens (tertiary/aromatic N) is 4. The van der Waals surface area contributed by atoms with Gasteiger partial charge in [-0.1, -0.05) is 6.07 Å². The first kappa shape index (κ1) is 15.7. The lowest BCUT2D eigenvalue weighted by Crippen LogP contribution is -2.48. The van der Waals surface area contributed by atoms with Gasteiger partial charge in [0.05, 0.1) is 12.3 Å². The van der Waals surface area contributed by atoms with Gasteiger partial charge in [-0.2, -0.15) is 5.10 Å². The van der Waals surface area contributed by atoms with Crippen molar-refractivity contribution < 1.29 is 9.90 Å². The quantitative estimate of drug-likeness (QED) is 0.731. The highest BCUT2D eigenvalue weighted by molar-refractivity contribution is 5.93. The number of nitrogens with one attached hydrogen (secondary N) is 1. The first-order valence-electron chi connectivity index (χ1n) is 8.38. The average molecular weight is 337 g/mol. The molecule has 128 valence electrons. The van der Waals surface area contributed by atoms with Gasteiger partial charge >= 0.3 is 0 Å². The van der Waals surface area contributed by atoms with E-state index in [1.807, 2.05) is 18.2 Å². The molecule has 7 heteroatoms. The second-order valence-electron chi connectivity index (χ2n) is 6.43. The number of rotatable bonds is 5. The monoisotopic (exact) mass is 337 g/mol. The first-order valence-corrected chi connectivity index (χ1v) is 8.38. The van der Waals surface area contributed by atoms with Crippen LogP contribution in [0.5, 0.6) is 0 Å². The van der Waals surface area contributed by atoms with Crippen molar-refractivity contribution >= 4 is 11.6 Å². The van der Waals surface area contributed by atoms with E-state index in [-0.39, 0.29) is 24.0 Å². The summed E-state index contributed by atoms with van der Waals surface area (Å²) in [6.45, 7) is 0. The zero-order chi connectivity index (χ0) is 17.2. The van der Waals surface area contributed by atoms with Crippen LogP contribution in [-0.4, -0.2) is 42.7 Å². The SMILES string of the molecule is O=C(N[C@@H](Cc1ccccn1)C1CC(O)C1)c1cnc2cccnn12. The third kappa shape index (κ3) is 3.23. The number of fused-ring (bicyclic) bond motifs is 1. The molecule has 1 aliphatic carbocycles. The molecular formula is C18H19N5O2. The Morgan fingerprint density at radius 2 is 2.12 bits per heavy atom. The Kier molecular flexibility index (Phi) is 4.15. The second-order valence-corrected chi connectivity index (χ2v) is 6.43. The molecule has 3 aromatic rings. The Morgan fingerprint density at radius 1 is 1.24 bits per heavy atom.